The van der Waals surface area contributed by atoms with Crippen molar-refractivity contribution in [3.63, 3.8) is 0 Å². The SMILES string of the molecule is Cc1cc(C(=O)N2CC[C@H]2C(=O)Nc2nc(-c3cccc(-c4ccnc(N(C)C)c4)c3)cs2)cn1S(C)(=O)=O. The molecule has 0 aliphatic carbocycles. The maximum atomic E-state index is 13.0. The molecule has 1 aliphatic heterocycles. The van der Waals surface area contributed by atoms with Gasteiger partial charge in [-0.2, -0.15) is 0 Å². The Morgan fingerprint density at radius 1 is 1.10 bits per heavy atom. The molecule has 10 nitrogen and oxygen atoms in total. The van der Waals surface area contributed by atoms with Gasteiger partial charge >= 0.3 is 0 Å². The number of carbonyl (C=O) groups excluding carboxylic acids is 2. The van der Waals surface area contributed by atoms with Crippen molar-refractivity contribution in [2.24, 2.45) is 0 Å². The monoisotopic (exact) mass is 564 g/mol. The predicted molar refractivity (Wildman–Crippen MR) is 153 cm³/mol. The smallest absolute Gasteiger partial charge is 0.256 e. The molecule has 0 unspecified atom stereocenters. The van der Waals surface area contributed by atoms with E-state index in [1.165, 1.54) is 28.5 Å². The molecule has 1 N–H and O–H groups in total. The lowest BCUT2D eigenvalue weighted by Gasteiger charge is -2.39. The fourth-order valence-corrected chi connectivity index (χ4v) is 6.05. The maximum Gasteiger partial charge on any atom is 0.256 e. The first-order chi connectivity index (χ1) is 18.5. The molecular weight excluding hydrogens is 536 g/mol. The fourth-order valence-electron chi connectivity index (χ4n) is 4.45. The molecule has 4 aromatic rings. The minimum atomic E-state index is -3.52. The second-order valence-corrected chi connectivity index (χ2v) is 12.4. The van der Waals surface area contributed by atoms with Crippen LogP contribution in [0.3, 0.4) is 0 Å². The third kappa shape index (κ3) is 5.43. The Kier molecular flexibility index (Phi) is 7.00. The van der Waals surface area contributed by atoms with E-state index >= 15 is 0 Å². The van der Waals surface area contributed by atoms with Gasteiger partial charge in [0.1, 0.15) is 11.9 Å². The molecule has 5 rings (SSSR count). The average Bonchev–Trinajstić information content (AvgIpc) is 3.50. The quantitative estimate of drug-likeness (QED) is 0.364. The van der Waals surface area contributed by atoms with Crippen LogP contribution in [0.2, 0.25) is 0 Å². The molecule has 1 saturated heterocycles. The minimum Gasteiger partial charge on any atom is -0.363 e. The van der Waals surface area contributed by atoms with Crippen LogP contribution in [0.25, 0.3) is 22.4 Å². The van der Waals surface area contributed by atoms with Crippen molar-refractivity contribution in [2.75, 3.05) is 37.1 Å². The third-order valence-corrected chi connectivity index (χ3v) is 8.45. The van der Waals surface area contributed by atoms with E-state index in [4.69, 9.17) is 0 Å². The zero-order chi connectivity index (χ0) is 27.9. The number of amides is 2. The average molecular weight is 565 g/mol. The lowest BCUT2D eigenvalue weighted by molar-refractivity contribution is -0.123. The van der Waals surface area contributed by atoms with Gasteiger partial charge in [0, 0.05) is 49.7 Å². The van der Waals surface area contributed by atoms with Gasteiger partial charge in [-0.25, -0.2) is 22.4 Å². The lowest BCUT2D eigenvalue weighted by Crippen LogP contribution is -2.56. The highest BCUT2D eigenvalue weighted by Crippen LogP contribution is 2.30. The molecule has 0 spiro atoms. The molecule has 4 heterocycles. The molecule has 0 radical (unpaired) electrons. The summed E-state index contributed by atoms with van der Waals surface area (Å²) >= 11 is 1.31. The van der Waals surface area contributed by atoms with Crippen molar-refractivity contribution in [3.8, 4) is 22.4 Å². The number of pyridine rings is 1. The van der Waals surface area contributed by atoms with E-state index in [0.29, 0.717) is 23.8 Å². The molecular formula is C27H28N6O4S2. The summed E-state index contributed by atoms with van der Waals surface area (Å²) in [5, 5.41) is 5.16. The molecule has 0 saturated carbocycles. The van der Waals surface area contributed by atoms with Crippen LogP contribution in [0.4, 0.5) is 10.9 Å². The molecule has 2 amide bonds. The topological polar surface area (TPSA) is 117 Å². The van der Waals surface area contributed by atoms with Gasteiger partial charge in [-0.15, -0.1) is 11.3 Å². The minimum absolute atomic E-state index is 0.235. The van der Waals surface area contributed by atoms with Crippen LogP contribution in [0, 0.1) is 6.92 Å². The summed E-state index contributed by atoms with van der Waals surface area (Å²) in [5.41, 5.74) is 4.38. The highest BCUT2D eigenvalue weighted by Gasteiger charge is 2.38. The standard InChI is InChI=1S/C27H28N6O4S2/c1-17-12-21(15-33(17)39(4,36)37)26(35)32-11-9-23(32)25(34)30-27-29-22(16-38-27)20-7-5-6-18(13-20)19-8-10-28-24(14-19)31(2)3/h5-8,10,12-16,23H,9,11H2,1-4H3,(H,29,30,34)/t23-/m0/s1. The fraction of sp³-hybridized carbons (Fsp3) is 0.259. The van der Waals surface area contributed by atoms with Crippen LogP contribution in [0.5, 0.6) is 0 Å². The Hall–Kier alpha value is -4.03. The number of anilines is 2. The van der Waals surface area contributed by atoms with Gasteiger partial charge in [-0.05, 0) is 48.7 Å². The van der Waals surface area contributed by atoms with E-state index in [2.05, 4.69) is 15.3 Å². The Morgan fingerprint density at radius 3 is 2.51 bits per heavy atom. The van der Waals surface area contributed by atoms with Crippen molar-refractivity contribution in [2.45, 2.75) is 19.4 Å². The van der Waals surface area contributed by atoms with Gasteiger partial charge in [-0.3, -0.25) is 9.59 Å². The largest absolute Gasteiger partial charge is 0.363 e. The number of aromatic nitrogens is 3. The highest BCUT2D eigenvalue weighted by atomic mass is 32.2. The second-order valence-electron chi connectivity index (χ2n) is 9.64. The Bertz CT molecular complexity index is 1670. The molecule has 39 heavy (non-hydrogen) atoms. The zero-order valence-electron chi connectivity index (χ0n) is 22.0. The van der Waals surface area contributed by atoms with Gasteiger partial charge in [0.05, 0.1) is 17.5 Å². The van der Waals surface area contributed by atoms with E-state index in [9.17, 15) is 18.0 Å². The summed E-state index contributed by atoms with van der Waals surface area (Å²) in [6.45, 7) is 2.03. The van der Waals surface area contributed by atoms with E-state index in [1.54, 1.807) is 13.1 Å². The number of rotatable bonds is 7. The number of nitrogens with one attached hydrogen (secondary N) is 1. The molecule has 1 atom stereocenters. The van der Waals surface area contributed by atoms with Crippen LogP contribution >= 0.6 is 11.3 Å². The summed E-state index contributed by atoms with van der Waals surface area (Å²) in [6.07, 6.45) is 4.68. The maximum absolute atomic E-state index is 13.0. The lowest BCUT2D eigenvalue weighted by atomic mass is 10.0. The van der Waals surface area contributed by atoms with Crippen molar-refractivity contribution < 1.29 is 18.0 Å². The summed E-state index contributed by atoms with van der Waals surface area (Å²) in [5.74, 6) is 0.164. The number of benzene rings is 1. The van der Waals surface area contributed by atoms with E-state index < -0.39 is 16.1 Å². The summed E-state index contributed by atoms with van der Waals surface area (Å²) in [4.78, 5) is 38.4. The van der Waals surface area contributed by atoms with Gasteiger partial charge in [0.15, 0.2) is 5.13 Å². The Balaban J connectivity index is 1.28. The first-order valence-corrected chi connectivity index (χ1v) is 14.9. The van der Waals surface area contributed by atoms with Crippen molar-refractivity contribution >= 4 is 44.1 Å². The molecule has 1 fully saturated rings. The van der Waals surface area contributed by atoms with Crippen LogP contribution in [-0.2, 0) is 14.8 Å². The molecule has 0 bridgehead atoms. The van der Waals surface area contributed by atoms with Crippen molar-refractivity contribution in [1.82, 2.24) is 18.8 Å². The number of aryl methyl sites for hydroxylation is 1. The van der Waals surface area contributed by atoms with Crippen molar-refractivity contribution in [3.05, 3.63) is 71.5 Å². The first kappa shape index (κ1) is 26.6. The van der Waals surface area contributed by atoms with Crippen LogP contribution < -0.4 is 10.2 Å². The second kappa shape index (κ2) is 10.3. The number of likely N-dealkylation sites (tertiary alicyclic amines) is 1. The number of nitrogens with zero attached hydrogens (tertiary/aromatic N) is 5. The molecule has 12 heteroatoms. The summed E-state index contributed by atoms with van der Waals surface area (Å²) < 4.78 is 24.9. The van der Waals surface area contributed by atoms with Crippen molar-refractivity contribution in [1.29, 1.82) is 0 Å². The third-order valence-electron chi connectivity index (χ3n) is 6.59. The van der Waals surface area contributed by atoms with E-state index in [0.717, 1.165) is 38.4 Å². The molecule has 1 aromatic carbocycles. The summed E-state index contributed by atoms with van der Waals surface area (Å²) in [6, 6.07) is 12.9. The van der Waals surface area contributed by atoms with E-state index in [-0.39, 0.29) is 17.4 Å². The van der Waals surface area contributed by atoms with E-state index in [1.807, 2.05) is 60.8 Å². The van der Waals surface area contributed by atoms with Crippen LogP contribution in [-0.4, -0.2) is 72.0 Å². The Labute approximate surface area is 231 Å². The number of hydrogen-bond acceptors (Lipinski definition) is 8. The van der Waals surface area contributed by atoms with Crippen LogP contribution in [0.15, 0.2) is 60.2 Å². The van der Waals surface area contributed by atoms with Gasteiger partial charge in [-0.1, -0.05) is 18.2 Å². The number of thiazole rings is 1. The molecule has 1 aliphatic rings. The predicted octanol–water partition coefficient (Wildman–Crippen LogP) is 3.71. The van der Waals surface area contributed by atoms with Gasteiger partial charge < -0.3 is 15.1 Å². The first-order valence-electron chi connectivity index (χ1n) is 12.2. The highest BCUT2D eigenvalue weighted by molar-refractivity contribution is 7.89. The molecule has 202 valence electrons. The number of hydrogen-bond donors (Lipinski definition) is 1. The molecule has 3 aromatic heterocycles. The summed E-state index contributed by atoms with van der Waals surface area (Å²) in [7, 11) is 0.374. The zero-order valence-corrected chi connectivity index (χ0v) is 23.6. The number of carbonyl (C=O) groups is 2. The van der Waals surface area contributed by atoms with Gasteiger partial charge in [0.25, 0.3) is 5.91 Å². The van der Waals surface area contributed by atoms with Gasteiger partial charge in [0.2, 0.25) is 15.9 Å². The normalized spacial score (nSPS) is 15.1. The Morgan fingerprint density at radius 2 is 1.85 bits per heavy atom. The van der Waals surface area contributed by atoms with Crippen LogP contribution in [0.1, 0.15) is 22.5 Å².